The molecule has 23 heavy (non-hydrogen) atoms. The third-order valence-corrected chi connectivity index (χ3v) is 5.46. The number of nitrogens with zero attached hydrogens (tertiary/aromatic N) is 3. The van der Waals surface area contributed by atoms with Crippen LogP contribution in [0.4, 0.5) is 4.79 Å². The molecule has 2 fully saturated rings. The molecule has 0 atom stereocenters. The number of rotatable bonds is 4. The predicted molar refractivity (Wildman–Crippen MR) is 88.2 cm³/mol. The minimum absolute atomic E-state index is 0.103. The Morgan fingerprint density at radius 2 is 2.22 bits per heavy atom. The van der Waals surface area contributed by atoms with E-state index in [0.29, 0.717) is 6.04 Å². The van der Waals surface area contributed by atoms with Crippen molar-refractivity contribution in [3.63, 3.8) is 0 Å². The number of thiazole rings is 1. The zero-order chi connectivity index (χ0) is 15.6. The summed E-state index contributed by atoms with van der Waals surface area (Å²) in [4.78, 5) is 20.8. The lowest BCUT2D eigenvalue weighted by Gasteiger charge is -2.35. The predicted octanol–water partition coefficient (Wildman–Crippen LogP) is 2.39. The molecule has 4 rings (SSSR count). The van der Waals surface area contributed by atoms with Crippen LogP contribution in [0.15, 0.2) is 28.2 Å². The SMILES string of the molecule is O=C1NCCN1C1CCN(Cc2csc(-c3ccco3)n2)CC1. The molecule has 0 radical (unpaired) electrons. The van der Waals surface area contributed by atoms with Gasteiger partial charge in [0.15, 0.2) is 10.8 Å². The first kappa shape index (κ1) is 14.7. The second kappa shape index (κ2) is 6.33. The monoisotopic (exact) mass is 332 g/mol. The number of likely N-dealkylation sites (tertiary alicyclic amines) is 1. The van der Waals surface area contributed by atoms with Crippen LogP contribution in [0.25, 0.3) is 10.8 Å². The molecule has 2 aliphatic rings. The molecular weight excluding hydrogens is 312 g/mol. The smallest absolute Gasteiger partial charge is 0.317 e. The average Bonchev–Trinajstić information content (AvgIpc) is 3.29. The van der Waals surface area contributed by atoms with Crippen molar-refractivity contribution in [2.24, 2.45) is 0 Å². The summed E-state index contributed by atoms with van der Waals surface area (Å²) in [6.45, 7) is 4.54. The van der Waals surface area contributed by atoms with Gasteiger partial charge in [-0.1, -0.05) is 0 Å². The summed E-state index contributed by atoms with van der Waals surface area (Å²) >= 11 is 1.62. The third-order valence-electron chi connectivity index (χ3n) is 4.56. The van der Waals surface area contributed by atoms with Crippen LogP contribution in [0.2, 0.25) is 0 Å². The highest BCUT2D eigenvalue weighted by atomic mass is 32.1. The van der Waals surface area contributed by atoms with E-state index in [1.807, 2.05) is 17.0 Å². The molecule has 6 nitrogen and oxygen atoms in total. The Kier molecular flexibility index (Phi) is 4.05. The van der Waals surface area contributed by atoms with Crippen molar-refractivity contribution in [3.05, 3.63) is 29.5 Å². The van der Waals surface area contributed by atoms with Gasteiger partial charge in [-0.25, -0.2) is 9.78 Å². The summed E-state index contributed by atoms with van der Waals surface area (Å²) < 4.78 is 5.39. The zero-order valence-electron chi connectivity index (χ0n) is 12.9. The second-order valence-corrected chi connectivity index (χ2v) is 6.91. The number of urea groups is 1. The van der Waals surface area contributed by atoms with Gasteiger partial charge in [0.25, 0.3) is 0 Å². The van der Waals surface area contributed by atoms with Crippen molar-refractivity contribution in [2.45, 2.75) is 25.4 Å². The zero-order valence-corrected chi connectivity index (χ0v) is 13.7. The highest BCUT2D eigenvalue weighted by molar-refractivity contribution is 7.13. The van der Waals surface area contributed by atoms with Gasteiger partial charge >= 0.3 is 6.03 Å². The summed E-state index contributed by atoms with van der Waals surface area (Å²) in [5.74, 6) is 0.833. The number of amides is 2. The number of aromatic nitrogens is 1. The number of carbonyl (C=O) groups is 1. The normalized spacial score (nSPS) is 20.2. The molecule has 2 aromatic rings. The van der Waals surface area contributed by atoms with Gasteiger partial charge in [0.1, 0.15) is 0 Å². The molecule has 0 aliphatic carbocycles. The van der Waals surface area contributed by atoms with Gasteiger partial charge in [0.2, 0.25) is 0 Å². The number of furan rings is 1. The fourth-order valence-corrected chi connectivity index (χ4v) is 4.12. The van der Waals surface area contributed by atoms with Gasteiger partial charge in [0, 0.05) is 44.1 Å². The van der Waals surface area contributed by atoms with E-state index < -0.39 is 0 Å². The van der Waals surface area contributed by atoms with Crippen molar-refractivity contribution in [1.29, 1.82) is 0 Å². The van der Waals surface area contributed by atoms with Gasteiger partial charge in [-0.2, -0.15) is 0 Å². The lowest BCUT2D eigenvalue weighted by atomic mass is 10.0. The van der Waals surface area contributed by atoms with Crippen LogP contribution >= 0.6 is 11.3 Å². The van der Waals surface area contributed by atoms with Crippen LogP contribution < -0.4 is 5.32 Å². The Hall–Kier alpha value is -1.86. The van der Waals surface area contributed by atoms with Gasteiger partial charge in [0.05, 0.1) is 12.0 Å². The van der Waals surface area contributed by atoms with Gasteiger partial charge in [-0.15, -0.1) is 11.3 Å². The van der Waals surface area contributed by atoms with E-state index in [1.54, 1.807) is 17.6 Å². The maximum Gasteiger partial charge on any atom is 0.317 e. The van der Waals surface area contributed by atoms with Crippen LogP contribution in [-0.4, -0.2) is 53.0 Å². The van der Waals surface area contributed by atoms with Crippen LogP contribution in [0.3, 0.4) is 0 Å². The van der Waals surface area contributed by atoms with E-state index in [9.17, 15) is 4.79 Å². The van der Waals surface area contributed by atoms with Crippen LogP contribution in [-0.2, 0) is 6.54 Å². The molecule has 0 unspecified atom stereocenters. The molecule has 2 aliphatic heterocycles. The largest absolute Gasteiger partial charge is 0.462 e. The first-order chi connectivity index (χ1) is 11.3. The number of nitrogens with one attached hydrogen (secondary N) is 1. The highest BCUT2D eigenvalue weighted by Gasteiger charge is 2.30. The summed E-state index contributed by atoms with van der Waals surface area (Å²) in [5.41, 5.74) is 1.10. The van der Waals surface area contributed by atoms with Gasteiger partial charge in [-0.3, -0.25) is 4.90 Å². The maximum atomic E-state index is 11.7. The second-order valence-electron chi connectivity index (χ2n) is 6.05. The number of carbonyl (C=O) groups excluding carboxylic acids is 1. The molecule has 2 aromatic heterocycles. The van der Waals surface area contributed by atoms with E-state index in [-0.39, 0.29) is 6.03 Å². The molecule has 2 amide bonds. The Bertz CT molecular complexity index is 661. The molecule has 0 bridgehead atoms. The first-order valence-electron chi connectivity index (χ1n) is 8.05. The quantitative estimate of drug-likeness (QED) is 0.934. The summed E-state index contributed by atoms with van der Waals surface area (Å²) in [5, 5.41) is 5.94. The highest BCUT2D eigenvalue weighted by Crippen LogP contribution is 2.25. The fourth-order valence-electron chi connectivity index (χ4n) is 3.35. The first-order valence-corrected chi connectivity index (χ1v) is 8.92. The molecule has 0 spiro atoms. The summed E-state index contributed by atoms with van der Waals surface area (Å²) in [6.07, 6.45) is 3.76. The average molecular weight is 332 g/mol. The van der Waals surface area contributed by atoms with Crippen LogP contribution in [0.5, 0.6) is 0 Å². The number of hydrogen-bond acceptors (Lipinski definition) is 5. The minimum Gasteiger partial charge on any atom is -0.462 e. The molecule has 7 heteroatoms. The Balaban J connectivity index is 1.32. The Labute approximate surface area is 139 Å². The standard InChI is InChI=1S/C16H20N4O2S/c21-16-17-5-8-20(16)13-3-6-19(7-4-13)10-12-11-23-15(18-12)14-2-1-9-22-14/h1-2,9,11,13H,3-8,10H2,(H,17,21). The van der Waals surface area contributed by atoms with E-state index in [4.69, 9.17) is 4.42 Å². The Morgan fingerprint density at radius 3 is 2.91 bits per heavy atom. The van der Waals surface area contributed by atoms with E-state index >= 15 is 0 Å². The van der Waals surface area contributed by atoms with Crippen LogP contribution in [0.1, 0.15) is 18.5 Å². The van der Waals surface area contributed by atoms with Crippen molar-refractivity contribution in [1.82, 2.24) is 20.1 Å². The van der Waals surface area contributed by atoms with E-state index in [2.05, 4.69) is 20.6 Å². The maximum absolute atomic E-state index is 11.7. The van der Waals surface area contributed by atoms with Gasteiger partial charge in [-0.05, 0) is 25.0 Å². The van der Waals surface area contributed by atoms with Crippen LogP contribution in [0, 0.1) is 0 Å². The van der Waals surface area contributed by atoms with Crippen molar-refractivity contribution in [2.75, 3.05) is 26.2 Å². The molecule has 0 aromatic carbocycles. The molecule has 2 saturated heterocycles. The molecule has 122 valence electrons. The van der Waals surface area contributed by atoms with Crippen molar-refractivity contribution < 1.29 is 9.21 Å². The molecule has 1 N–H and O–H groups in total. The number of hydrogen-bond donors (Lipinski definition) is 1. The topological polar surface area (TPSA) is 61.6 Å². The summed E-state index contributed by atoms with van der Waals surface area (Å²) in [6, 6.07) is 4.32. The van der Waals surface area contributed by atoms with Crippen molar-refractivity contribution >= 4 is 17.4 Å². The lowest BCUT2D eigenvalue weighted by Crippen LogP contribution is -2.45. The molecule has 4 heterocycles. The summed E-state index contributed by atoms with van der Waals surface area (Å²) in [7, 11) is 0. The third kappa shape index (κ3) is 3.11. The Morgan fingerprint density at radius 1 is 1.35 bits per heavy atom. The van der Waals surface area contributed by atoms with Crippen molar-refractivity contribution in [3.8, 4) is 10.8 Å². The fraction of sp³-hybridized carbons (Fsp3) is 0.500. The minimum atomic E-state index is 0.103. The van der Waals surface area contributed by atoms with Gasteiger partial charge < -0.3 is 14.6 Å². The number of piperidine rings is 1. The van der Waals surface area contributed by atoms with E-state index in [0.717, 1.165) is 62.0 Å². The van der Waals surface area contributed by atoms with E-state index in [1.165, 1.54) is 0 Å². The lowest BCUT2D eigenvalue weighted by molar-refractivity contribution is 0.131. The molecule has 0 saturated carbocycles. The molecular formula is C16H20N4O2S.